The van der Waals surface area contributed by atoms with Gasteiger partial charge in [-0.3, -0.25) is 28.8 Å². The maximum atomic E-state index is 12.8. The standard InChI is InChI=1S/C21H36O3.C17H32O2.C16H24O4.C10H16O4/c1-7-18(3,4)17(22)23-20-10-15-9-16(11-20)13-21(12-15,14-20)24-19(5,6)8-2;1-9-14(2,3)13(18)19-17(8)15(4,5)11-10-12-16(17,6)7;1-4-15(2,3)13(17)20-12-8-10-7-11(12)16(9-10)5-6-19-14(16)18;1-4-10(2,3)9(12)14-7-5-8(11)13-6-7/h15-16H,7-14H2,1-6H3;9-12H2,1-8H3;10-12H,4-9H2,1-3H3;7H,4-6H2,1-3H3. The highest BCUT2D eigenvalue weighted by Crippen LogP contribution is 2.63. The average molecular weight is 1090 g/mol. The summed E-state index contributed by atoms with van der Waals surface area (Å²) in [6.07, 6.45) is 17.6. The van der Waals surface area contributed by atoms with Gasteiger partial charge in [0.15, 0.2) is 0 Å². The van der Waals surface area contributed by atoms with Crippen molar-refractivity contribution < 1.29 is 61.9 Å². The zero-order valence-electron chi connectivity index (χ0n) is 52.1. The summed E-state index contributed by atoms with van der Waals surface area (Å²) < 4.78 is 39.9. The molecule has 7 unspecified atom stereocenters. The molecule has 0 aromatic rings. The van der Waals surface area contributed by atoms with E-state index in [4.69, 9.17) is 33.2 Å². The van der Waals surface area contributed by atoms with Crippen molar-refractivity contribution >= 4 is 35.8 Å². The molecule has 0 amide bonds. The van der Waals surface area contributed by atoms with Gasteiger partial charge < -0.3 is 33.2 Å². The van der Waals surface area contributed by atoms with Gasteiger partial charge in [0, 0.05) is 23.2 Å². The molecule has 9 fully saturated rings. The molecule has 0 aromatic carbocycles. The predicted molar refractivity (Wildman–Crippen MR) is 298 cm³/mol. The molecule has 7 atom stereocenters. The smallest absolute Gasteiger partial charge is 0.312 e. The van der Waals surface area contributed by atoms with E-state index in [1.54, 1.807) is 0 Å². The molecule has 2 saturated heterocycles. The SMILES string of the molecule is CCC(C)(C)C(=O)OC1(C)C(C)(C)CCCC1(C)C.CCC(C)(C)C(=O)OC1CC2CC1C1(CCOC1=O)C2.CCC(C)(C)C(=O)OC1COC(=O)C1.CCC(C)(C)OC12CC3CC(CC(OC(=O)C(C)(C)CC)(C3)C1)C2. The molecule has 9 rings (SSSR count). The fraction of sp³-hybridized carbons (Fsp3) is 0.906. The van der Waals surface area contributed by atoms with Crippen molar-refractivity contribution in [2.75, 3.05) is 13.2 Å². The van der Waals surface area contributed by atoms with Crippen molar-refractivity contribution in [3.63, 3.8) is 0 Å². The maximum absolute atomic E-state index is 12.8. The Morgan fingerprint density at radius 3 is 1.47 bits per heavy atom. The molecule has 0 N–H and O–H groups in total. The predicted octanol–water partition coefficient (Wildman–Crippen LogP) is 14.2. The monoisotopic (exact) mass is 1080 g/mol. The zero-order chi connectivity index (χ0) is 58.2. The molecule has 0 aromatic heterocycles. The summed E-state index contributed by atoms with van der Waals surface area (Å²) in [4.78, 5) is 72.0. The quantitative estimate of drug-likeness (QED) is 0.112. The van der Waals surface area contributed by atoms with Crippen LogP contribution < -0.4 is 0 Å². The van der Waals surface area contributed by atoms with Gasteiger partial charge in [0.1, 0.15) is 30.0 Å². The molecule has 0 radical (unpaired) electrons. The number of hydrogen-bond acceptors (Lipinski definition) is 13. The van der Waals surface area contributed by atoms with Crippen LogP contribution in [0.15, 0.2) is 0 Å². The van der Waals surface area contributed by atoms with Gasteiger partial charge in [0.25, 0.3) is 0 Å². The van der Waals surface area contributed by atoms with Gasteiger partial charge in [-0.25, -0.2) is 0 Å². The Hall–Kier alpha value is -3.22. The lowest BCUT2D eigenvalue weighted by atomic mass is 9.52. The van der Waals surface area contributed by atoms with Gasteiger partial charge in [-0.2, -0.15) is 0 Å². The first kappa shape index (κ1) is 64.6. The van der Waals surface area contributed by atoms with Crippen LogP contribution in [-0.4, -0.2) is 83.6 Å². The number of cyclic esters (lactones) is 2. The molecule has 6 bridgehead atoms. The van der Waals surface area contributed by atoms with Gasteiger partial charge in [0.05, 0.1) is 51.3 Å². The Morgan fingerprint density at radius 2 is 1.03 bits per heavy atom. The number of hydrogen-bond donors (Lipinski definition) is 0. The zero-order valence-corrected chi connectivity index (χ0v) is 52.1. The second-order valence-electron chi connectivity index (χ2n) is 30.0. The number of carbonyl (C=O) groups excluding carboxylic acids is 6. The first-order valence-electron chi connectivity index (χ1n) is 30.2. The summed E-state index contributed by atoms with van der Waals surface area (Å²) in [6.45, 7) is 41.9. The third-order valence-electron chi connectivity index (χ3n) is 21.3. The average Bonchev–Trinajstić information content (AvgIpc) is 4.12. The third-order valence-corrected chi connectivity index (χ3v) is 21.3. The van der Waals surface area contributed by atoms with Crippen LogP contribution in [0.5, 0.6) is 0 Å². The number of rotatable bonds is 15. The van der Waals surface area contributed by atoms with Crippen LogP contribution in [-0.2, 0) is 61.9 Å². The van der Waals surface area contributed by atoms with Crippen LogP contribution in [0.3, 0.4) is 0 Å². The first-order chi connectivity index (χ1) is 35.3. The van der Waals surface area contributed by atoms with Crippen molar-refractivity contribution in [2.24, 2.45) is 61.6 Å². The van der Waals surface area contributed by atoms with E-state index < -0.39 is 21.8 Å². The largest absolute Gasteiger partial charge is 0.465 e. The molecule has 7 aliphatic carbocycles. The van der Waals surface area contributed by atoms with Gasteiger partial charge in [-0.1, -0.05) is 68.7 Å². The Balaban J connectivity index is 0.000000193. The van der Waals surface area contributed by atoms with Crippen LogP contribution in [0, 0.1) is 61.6 Å². The van der Waals surface area contributed by atoms with E-state index in [0.29, 0.717) is 30.8 Å². The number of esters is 6. The molecule has 9 aliphatic rings. The highest BCUT2D eigenvalue weighted by atomic mass is 16.6. The van der Waals surface area contributed by atoms with Crippen molar-refractivity contribution in [3.8, 4) is 0 Å². The highest BCUT2D eigenvalue weighted by Gasteiger charge is 2.64. The summed E-state index contributed by atoms with van der Waals surface area (Å²) in [7, 11) is 0. The van der Waals surface area contributed by atoms with Gasteiger partial charge >= 0.3 is 35.8 Å². The minimum absolute atomic E-state index is 0.0168. The van der Waals surface area contributed by atoms with E-state index in [0.717, 1.165) is 96.3 Å². The number of ether oxygens (including phenoxy) is 7. The van der Waals surface area contributed by atoms with Crippen molar-refractivity contribution in [1.82, 2.24) is 0 Å². The lowest BCUT2D eigenvalue weighted by Crippen LogP contribution is -2.63. The van der Waals surface area contributed by atoms with Gasteiger partial charge in [0.2, 0.25) is 0 Å². The summed E-state index contributed by atoms with van der Waals surface area (Å²) in [5.41, 5.74) is -2.84. The van der Waals surface area contributed by atoms with E-state index in [9.17, 15) is 28.8 Å². The summed E-state index contributed by atoms with van der Waals surface area (Å²) in [6, 6.07) is 0. The van der Waals surface area contributed by atoms with E-state index >= 15 is 0 Å². The normalized spacial score (nSPS) is 32.3. The van der Waals surface area contributed by atoms with E-state index in [2.05, 4.69) is 62.3 Å². The van der Waals surface area contributed by atoms with Crippen LogP contribution in [0.2, 0.25) is 0 Å². The molecule has 2 aliphatic heterocycles. The molecule has 442 valence electrons. The lowest BCUT2D eigenvalue weighted by molar-refractivity contribution is -0.263. The molecule has 77 heavy (non-hydrogen) atoms. The summed E-state index contributed by atoms with van der Waals surface area (Å²) in [5, 5.41) is 0. The molecule has 13 heteroatoms. The fourth-order valence-corrected chi connectivity index (χ4v) is 13.8. The Morgan fingerprint density at radius 1 is 0.545 bits per heavy atom. The van der Waals surface area contributed by atoms with Crippen LogP contribution in [0.4, 0.5) is 0 Å². The maximum Gasteiger partial charge on any atom is 0.312 e. The lowest BCUT2D eigenvalue weighted by Gasteiger charge is -2.62. The van der Waals surface area contributed by atoms with E-state index in [1.807, 2.05) is 76.2 Å². The Bertz CT molecular complexity index is 2100. The third kappa shape index (κ3) is 14.1. The van der Waals surface area contributed by atoms with Crippen LogP contribution in [0.25, 0.3) is 0 Å². The van der Waals surface area contributed by atoms with Crippen molar-refractivity contribution in [1.29, 1.82) is 0 Å². The molecule has 2 heterocycles. The molecule has 1 spiro atoms. The van der Waals surface area contributed by atoms with Crippen LogP contribution >= 0.6 is 0 Å². The van der Waals surface area contributed by atoms with Gasteiger partial charge in [-0.15, -0.1) is 0 Å². The van der Waals surface area contributed by atoms with Crippen molar-refractivity contribution in [3.05, 3.63) is 0 Å². The van der Waals surface area contributed by atoms with Gasteiger partial charge in [-0.05, 0) is 197 Å². The Kier molecular flexibility index (Phi) is 19.6. The van der Waals surface area contributed by atoms with Crippen LogP contribution in [0.1, 0.15) is 260 Å². The molecular weight excluding hydrogens is 977 g/mol. The molecule has 7 saturated carbocycles. The number of carbonyl (C=O) groups is 6. The minimum atomic E-state index is -0.481. The topological polar surface area (TPSA) is 167 Å². The molecule has 13 nitrogen and oxygen atoms in total. The number of fused-ring (bicyclic) bond motifs is 3. The van der Waals surface area contributed by atoms with E-state index in [1.165, 1.54) is 12.8 Å². The Labute approximate surface area is 465 Å². The van der Waals surface area contributed by atoms with E-state index in [-0.39, 0.29) is 105 Å². The first-order valence-corrected chi connectivity index (χ1v) is 30.2. The fourth-order valence-electron chi connectivity index (χ4n) is 13.8. The summed E-state index contributed by atoms with van der Waals surface area (Å²) >= 11 is 0. The second kappa shape index (κ2) is 23.3. The summed E-state index contributed by atoms with van der Waals surface area (Å²) in [5.74, 6) is 1.22. The minimum Gasteiger partial charge on any atom is -0.465 e. The molecular formula is C64H108O13. The van der Waals surface area contributed by atoms with Crippen molar-refractivity contribution in [2.45, 2.75) is 295 Å². The second-order valence-corrected chi connectivity index (χ2v) is 30.0. The highest BCUT2D eigenvalue weighted by molar-refractivity contribution is 5.81.